The van der Waals surface area contributed by atoms with Gasteiger partial charge in [0.15, 0.2) is 0 Å². The SMILES string of the molecule is COc1cccc(NCC#Cc2ccccc2)c1. The lowest BCUT2D eigenvalue weighted by molar-refractivity contribution is 0.415. The molecular formula is C16H15NO. The zero-order valence-corrected chi connectivity index (χ0v) is 10.3. The van der Waals surface area contributed by atoms with Crippen LogP contribution in [-0.4, -0.2) is 13.7 Å². The summed E-state index contributed by atoms with van der Waals surface area (Å²) >= 11 is 0. The fraction of sp³-hybridized carbons (Fsp3) is 0.125. The lowest BCUT2D eigenvalue weighted by Crippen LogP contribution is -1.98. The fourth-order valence-electron chi connectivity index (χ4n) is 1.55. The Bertz CT molecular complexity index is 552. The molecule has 0 fully saturated rings. The minimum atomic E-state index is 0.613. The van der Waals surface area contributed by atoms with Crippen LogP contribution in [0.3, 0.4) is 0 Å². The summed E-state index contributed by atoms with van der Waals surface area (Å²) in [5.74, 6) is 7.03. The van der Waals surface area contributed by atoms with Crippen LogP contribution in [0, 0.1) is 11.8 Å². The summed E-state index contributed by atoms with van der Waals surface area (Å²) in [6.07, 6.45) is 0. The summed E-state index contributed by atoms with van der Waals surface area (Å²) < 4.78 is 5.15. The Kier molecular flexibility index (Phi) is 4.27. The van der Waals surface area contributed by atoms with E-state index in [9.17, 15) is 0 Å². The van der Waals surface area contributed by atoms with Crippen molar-refractivity contribution in [1.29, 1.82) is 0 Å². The van der Waals surface area contributed by atoms with E-state index in [1.165, 1.54) is 0 Å². The molecule has 18 heavy (non-hydrogen) atoms. The fourth-order valence-corrected chi connectivity index (χ4v) is 1.55. The molecule has 0 amide bonds. The minimum absolute atomic E-state index is 0.613. The number of hydrogen-bond donors (Lipinski definition) is 1. The average Bonchev–Trinajstić information content (AvgIpc) is 2.45. The van der Waals surface area contributed by atoms with Gasteiger partial charge in [0.05, 0.1) is 13.7 Å². The van der Waals surface area contributed by atoms with Crippen molar-refractivity contribution < 1.29 is 4.74 Å². The average molecular weight is 237 g/mol. The molecule has 0 aliphatic heterocycles. The molecule has 2 aromatic carbocycles. The Balaban J connectivity index is 1.91. The highest BCUT2D eigenvalue weighted by molar-refractivity contribution is 5.49. The Labute approximate surface area is 108 Å². The first-order chi connectivity index (χ1) is 8.88. The van der Waals surface area contributed by atoms with Gasteiger partial charge in [-0.15, -0.1) is 0 Å². The second-order valence-electron chi connectivity index (χ2n) is 3.75. The molecular weight excluding hydrogens is 222 g/mol. The van der Waals surface area contributed by atoms with E-state index in [0.29, 0.717) is 6.54 Å². The molecule has 0 spiro atoms. The van der Waals surface area contributed by atoms with Crippen molar-refractivity contribution in [2.45, 2.75) is 0 Å². The number of ether oxygens (including phenoxy) is 1. The minimum Gasteiger partial charge on any atom is -0.497 e. The van der Waals surface area contributed by atoms with Crippen molar-refractivity contribution in [2.24, 2.45) is 0 Å². The molecule has 0 heterocycles. The van der Waals surface area contributed by atoms with Gasteiger partial charge < -0.3 is 10.1 Å². The Morgan fingerprint density at radius 2 is 1.89 bits per heavy atom. The van der Waals surface area contributed by atoms with Crippen LogP contribution in [0.1, 0.15) is 5.56 Å². The molecule has 0 aromatic heterocycles. The van der Waals surface area contributed by atoms with Gasteiger partial charge in [0.1, 0.15) is 5.75 Å². The van der Waals surface area contributed by atoms with Gasteiger partial charge in [-0.05, 0) is 24.3 Å². The predicted molar refractivity (Wildman–Crippen MR) is 74.8 cm³/mol. The largest absolute Gasteiger partial charge is 0.497 e. The number of nitrogens with one attached hydrogen (secondary N) is 1. The molecule has 90 valence electrons. The van der Waals surface area contributed by atoms with E-state index >= 15 is 0 Å². The molecule has 0 atom stereocenters. The van der Waals surface area contributed by atoms with Gasteiger partial charge in [0, 0.05) is 17.3 Å². The number of anilines is 1. The highest BCUT2D eigenvalue weighted by Gasteiger charge is 1.92. The maximum atomic E-state index is 5.15. The second-order valence-corrected chi connectivity index (χ2v) is 3.75. The number of benzene rings is 2. The van der Waals surface area contributed by atoms with Crippen LogP contribution >= 0.6 is 0 Å². The van der Waals surface area contributed by atoms with Crippen LogP contribution in [0.15, 0.2) is 54.6 Å². The van der Waals surface area contributed by atoms with E-state index < -0.39 is 0 Å². The summed E-state index contributed by atoms with van der Waals surface area (Å²) in [6, 6.07) is 17.8. The highest BCUT2D eigenvalue weighted by atomic mass is 16.5. The molecule has 0 bridgehead atoms. The number of hydrogen-bond acceptors (Lipinski definition) is 2. The normalized spacial score (nSPS) is 9.17. The quantitative estimate of drug-likeness (QED) is 0.828. The van der Waals surface area contributed by atoms with E-state index in [1.54, 1.807) is 7.11 Å². The molecule has 2 nitrogen and oxygen atoms in total. The molecule has 0 aliphatic rings. The maximum Gasteiger partial charge on any atom is 0.120 e. The van der Waals surface area contributed by atoms with E-state index in [4.69, 9.17) is 4.74 Å². The van der Waals surface area contributed by atoms with E-state index in [1.807, 2.05) is 54.6 Å². The Morgan fingerprint density at radius 3 is 2.67 bits per heavy atom. The zero-order chi connectivity index (χ0) is 12.6. The van der Waals surface area contributed by atoms with Crippen molar-refractivity contribution in [2.75, 3.05) is 19.0 Å². The van der Waals surface area contributed by atoms with E-state index in [-0.39, 0.29) is 0 Å². The van der Waals surface area contributed by atoms with Gasteiger partial charge in [-0.1, -0.05) is 36.1 Å². The van der Waals surface area contributed by atoms with Crippen molar-refractivity contribution >= 4 is 5.69 Å². The van der Waals surface area contributed by atoms with Crippen LogP contribution < -0.4 is 10.1 Å². The van der Waals surface area contributed by atoms with Gasteiger partial charge in [-0.3, -0.25) is 0 Å². The van der Waals surface area contributed by atoms with Gasteiger partial charge in [0.2, 0.25) is 0 Å². The van der Waals surface area contributed by atoms with Crippen LogP contribution in [0.2, 0.25) is 0 Å². The highest BCUT2D eigenvalue weighted by Crippen LogP contribution is 2.16. The second kappa shape index (κ2) is 6.36. The third kappa shape index (κ3) is 3.57. The van der Waals surface area contributed by atoms with Crippen LogP contribution in [0.5, 0.6) is 5.75 Å². The third-order valence-corrected chi connectivity index (χ3v) is 2.46. The first-order valence-corrected chi connectivity index (χ1v) is 5.80. The van der Waals surface area contributed by atoms with E-state index in [0.717, 1.165) is 17.0 Å². The predicted octanol–water partition coefficient (Wildman–Crippen LogP) is 3.16. The molecule has 0 aliphatic carbocycles. The van der Waals surface area contributed by atoms with Crippen LogP contribution in [0.4, 0.5) is 5.69 Å². The molecule has 2 aromatic rings. The van der Waals surface area contributed by atoms with Gasteiger partial charge in [-0.2, -0.15) is 0 Å². The van der Waals surface area contributed by atoms with Crippen molar-refractivity contribution in [1.82, 2.24) is 0 Å². The monoisotopic (exact) mass is 237 g/mol. The molecule has 2 heteroatoms. The molecule has 2 rings (SSSR count). The molecule has 0 saturated carbocycles. The zero-order valence-electron chi connectivity index (χ0n) is 10.3. The number of methoxy groups -OCH3 is 1. The summed E-state index contributed by atoms with van der Waals surface area (Å²) in [7, 11) is 1.66. The smallest absolute Gasteiger partial charge is 0.120 e. The Hall–Kier alpha value is -2.40. The van der Waals surface area contributed by atoms with Crippen molar-refractivity contribution in [3.05, 3.63) is 60.2 Å². The van der Waals surface area contributed by atoms with Gasteiger partial charge >= 0.3 is 0 Å². The first kappa shape index (κ1) is 12.1. The van der Waals surface area contributed by atoms with E-state index in [2.05, 4.69) is 17.2 Å². The molecule has 0 unspecified atom stereocenters. The molecule has 0 saturated heterocycles. The molecule has 0 radical (unpaired) electrons. The Morgan fingerprint density at radius 1 is 1.06 bits per heavy atom. The first-order valence-electron chi connectivity index (χ1n) is 5.80. The summed E-state index contributed by atoms with van der Waals surface area (Å²) in [4.78, 5) is 0. The third-order valence-electron chi connectivity index (χ3n) is 2.46. The summed E-state index contributed by atoms with van der Waals surface area (Å²) in [5, 5.41) is 3.24. The maximum absolute atomic E-state index is 5.15. The summed E-state index contributed by atoms with van der Waals surface area (Å²) in [6.45, 7) is 0.613. The lowest BCUT2D eigenvalue weighted by atomic mass is 10.2. The molecule has 1 N–H and O–H groups in total. The van der Waals surface area contributed by atoms with Crippen LogP contribution in [-0.2, 0) is 0 Å². The number of rotatable bonds is 3. The van der Waals surface area contributed by atoms with Crippen molar-refractivity contribution in [3.8, 4) is 17.6 Å². The van der Waals surface area contributed by atoms with Crippen LogP contribution in [0.25, 0.3) is 0 Å². The summed E-state index contributed by atoms with van der Waals surface area (Å²) in [5.41, 5.74) is 2.04. The topological polar surface area (TPSA) is 21.3 Å². The van der Waals surface area contributed by atoms with Crippen molar-refractivity contribution in [3.63, 3.8) is 0 Å². The van der Waals surface area contributed by atoms with Gasteiger partial charge in [0.25, 0.3) is 0 Å². The lowest BCUT2D eigenvalue weighted by Gasteiger charge is -2.04. The van der Waals surface area contributed by atoms with Gasteiger partial charge in [-0.25, -0.2) is 0 Å². The standard InChI is InChI=1S/C16H15NO/c1-18-16-11-5-10-15(13-16)17-12-6-9-14-7-3-2-4-8-14/h2-5,7-8,10-11,13,17H,12H2,1H3.